The number of para-hydroxylation sites is 5. The zero-order valence-corrected chi connectivity index (χ0v) is 48.0. The minimum absolute atomic E-state index is 0.00492. The lowest BCUT2D eigenvalue weighted by Crippen LogP contribution is -2.60. The molecule has 0 saturated carbocycles. The van der Waals surface area contributed by atoms with Gasteiger partial charge in [-0.2, -0.15) is 4.68 Å². The van der Waals surface area contributed by atoms with E-state index in [0.29, 0.717) is 0 Å². The lowest BCUT2D eigenvalue weighted by molar-refractivity contribution is -0.751. The lowest BCUT2D eigenvalue weighted by atomic mass is 9.54. The number of nitrogens with zero attached hydrogens (tertiary/aromatic N) is 12. The number of allylic oxidation sites excluding steroid dienone is 3. The summed E-state index contributed by atoms with van der Waals surface area (Å²) in [6.07, 6.45) is 16.0. The highest BCUT2D eigenvalue weighted by Crippen LogP contribution is 2.46. The van der Waals surface area contributed by atoms with Crippen LogP contribution in [0, 0.1) is 0 Å². The molecule has 0 bridgehead atoms. The van der Waals surface area contributed by atoms with Gasteiger partial charge in [-0.1, -0.05) is 109 Å². The monoisotopic (exact) mass is 1090 g/mol. The zero-order valence-electron chi connectivity index (χ0n) is 48.0. The van der Waals surface area contributed by atoms with E-state index in [1.165, 1.54) is 32.9 Å². The van der Waals surface area contributed by atoms with E-state index in [9.17, 15) is 0 Å². The summed E-state index contributed by atoms with van der Waals surface area (Å²) in [6, 6.07) is 51.9. The molecule has 5 aromatic carbocycles. The number of hydrogen-bond donors (Lipinski definition) is 0. The second-order valence-corrected chi connectivity index (χ2v) is 21.8. The van der Waals surface area contributed by atoms with Crippen molar-refractivity contribution >= 4 is 123 Å². The maximum absolute atomic E-state index is 6.18. The number of benzene rings is 5. The van der Waals surface area contributed by atoms with Crippen molar-refractivity contribution in [1.82, 2.24) is 29.6 Å². The van der Waals surface area contributed by atoms with Crippen LogP contribution in [0.5, 0.6) is 0 Å². The van der Waals surface area contributed by atoms with Gasteiger partial charge < -0.3 is 32.9 Å². The Balaban J connectivity index is 0.000000113. The zero-order chi connectivity index (χ0) is 56.8. The van der Waals surface area contributed by atoms with E-state index >= 15 is 0 Å². The van der Waals surface area contributed by atoms with E-state index in [1.807, 2.05) is 80.1 Å². The summed E-state index contributed by atoms with van der Waals surface area (Å²) in [5, 5.41) is 8.16. The average Bonchev–Trinajstić information content (AvgIpc) is 3.90. The largest absolute Gasteiger partial charge is 0.457 e. The highest BCUT2D eigenvalue weighted by Gasteiger charge is 2.47. The van der Waals surface area contributed by atoms with Crippen LogP contribution in [0.2, 0.25) is 20.5 Å². The van der Waals surface area contributed by atoms with Crippen molar-refractivity contribution in [2.45, 2.75) is 67.4 Å². The first-order valence-corrected chi connectivity index (χ1v) is 28.5. The molecule has 0 fully saturated rings. The predicted octanol–water partition coefficient (Wildman–Crippen LogP) is 11.8. The molecule has 0 radical (unpaired) electrons. The van der Waals surface area contributed by atoms with E-state index in [2.05, 4.69) is 215 Å². The maximum Gasteiger partial charge on any atom is 0.437 e. The van der Waals surface area contributed by atoms with Gasteiger partial charge in [-0.15, -0.1) is 0 Å². The Labute approximate surface area is 484 Å². The van der Waals surface area contributed by atoms with Gasteiger partial charge in [0.1, 0.15) is 71.0 Å². The number of hydrogen-bond acceptors (Lipinski definition) is 13. The fourth-order valence-corrected chi connectivity index (χ4v) is 13.4. The number of hydrazine groups is 2. The third kappa shape index (κ3) is 8.28. The average molecular weight is 1090 g/mol. The molecule has 18 heteroatoms. The van der Waals surface area contributed by atoms with E-state index in [-0.39, 0.29) is 32.9 Å². The smallest absolute Gasteiger partial charge is 0.437 e. The van der Waals surface area contributed by atoms with Crippen LogP contribution in [-0.4, -0.2) is 62.5 Å². The van der Waals surface area contributed by atoms with Gasteiger partial charge in [0.05, 0.1) is 6.20 Å². The normalized spacial score (nSPS) is 17.0. The lowest BCUT2D eigenvalue weighted by Gasteiger charge is -2.44. The Hall–Kier alpha value is -9.83. The van der Waals surface area contributed by atoms with Crippen LogP contribution in [0.1, 0.15) is 51.9 Å². The van der Waals surface area contributed by atoms with Crippen LogP contribution in [-0.2, 0) is 7.05 Å². The van der Waals surface area contributed by atoms with Gasteiger partial charge in [0, 0.05) is 75.1 Å². The molecule has 16 rings (SSSR count). The highest BCUT2D eigenvalue weighted by atomic mass is 16.3. The summed E-state index contributed by atoms with van der Waals surface area (Å²) in [4.78, 5) is 27.9. The Kier molecular flexibility index (Phi) is 12.6. The van der Waals surface area contributed by atoms with Crippen molar-refractivity contribution < 1.29 is 17.9 Å². The van der Waals surface area contributed by atoms with Gasteiger partial charge in [0.15, 0.2) is 17.5 Å². The van der Waals surface area contributed by atoms with Crippen molar-refractivity contribution in [3.8, 4) is 0 Å². The number of aromatic nitrogens is 5. The third-order valence-corrected chi connectivity index (χ3v) is 16.8. The molecular formula is C65H62B3N12O3+. The Morgan fingerprint density at radius 1 is 0.434 bits per heavy atom. The molecule has 11 heterocycles. The molecule has 2 atom stereocenters. The Bertz CT molecular complexity index is 4160. The van der Waals surface area contributed by atoms with E-state index < -0.39 is 0 Å². The van der Waals surface area contributed by atoms with Crippen LogP contribution in [0.4, 0.5) is 34.5 Å². The number of rotatable bonds is 5. The molecule has 5 aliphatic heterocycles. The summed E-state index contributed by atoms with van der Waals surface area (Å²) >= 11 is 0. The molecule has 0 N–H and O–H groups in total. The minimum atomic E-state index is 0.00492. The summed E-state index contributed by atoms with van der Waals surface area (Å²) in [5.74, 6) is 5.57. The highest BCUT2D eigenvalue weighted by molar-refractivity contribution is 6.78. The van der Waals surface area contributed by atoms with Gasteiger partial charge in [-0.25, -0.2) is 19.9 Å². The van der Waals surface area contributed by atoms with Gasteiger partial charge in [0.2, 0.25) is 0 Å². The molecule has 0 spiro atoms. The summed E-state index contributed by atoms with van der Waals surface area (Å²) < 4.78 is 20.4. The van der Waals surface area contributed by atoms with Crippen molar-refractivity contribution in [3.63, 3.8) is 0 Å². The summed E-state index contributed by atoms with van der Waals surface area (Å²) in [6.45, 7) is 17.9. The minimum Gasteiger partial charge on any atom is -0.457 e. The molecule has 15 nitrogen and oxygen atoms in total. The molecule has 0 unspecified atom stereocenters. The van der Waals surface area contributed by atoms with Crippen molar-refractivity contribution in [3.05, 3.63) is 217 Å². The SMILES string of the molecule is CB1c2c(oc3ccccc23)C=C(C)N1N1c2cccnc2N(c2ccccc2)[C@@H]1C.CB1c2c(oc3ccccc23)C=C(C)N1N1c2nccnc2N(c2ccccc2)[C@@H]1C.CB1c2c(oc3ccccc23)C=C(C)N1n1ccc[n+]1C. The van der Waals surface area contributed by atoms with E-state index in [4.69, 9.17) is 28.2 Å². The second kappa shape index (κ2) is 20.3. The van der Waals surface area contributed by atoms with Crippen molar-refractivity contribution in [2.24, 2.45) is 7.05 Å². The number of furan rings is 3. The second-order valence-electron chi connectivity index (χ2n) is 21.8. The fraction of sp³-hybridized carbons (Fsp3) is 0.169. The van der Waals surface area contributed by atoms with Crippen LogP contribution >= 0.6 is 0 Å². The van der Waals surface area contributed by atoms with Crippen LogP contribution in [0.15, 0.2) is 213 Å². The molecule has 0 amide bonds. The molecule has 0 aliphatic carbocycles. The first-order valence-electron chi connectivity index (χ1n) is 28.5. The standard InChI is InChI=1S/C25H23BN4O.C24H22BN5O.C16H17BN3O/c1-17-16-23-24(20-12-7-8-14-22(20)31-23)26(3)30(17)29-18(2)28(19-10-5-4-6-11-19)25-21(29)13-9-15-27-25;1-16-15-21-22(19-11-7-8-12-20(19)31-21)25(3)30(16)29-17(2)28(18-9-5-4-6-10-18)23-24(29)27-14-13-26-23;1-12-11-15-16(13-7-4-5-8-14(13)21-15)17(2)20(12)19-10-6-9-18(19)3/h4-16,18H,1-3H3;4-15,17H,1-3H3;4-11H,1-3H3/q;;+1/t18-;17-;/m00./s1. The Morgan fingerprint density at radius 3 is 1.34 bits per heavy atom. The quantitative estimate of drug-likeness (QED) is 0.121. The van der Waals surface area contributed by atoms with Gasteiger partial charge in [0.25, 0.3) is 0 Å². The maximum atomic E-state index is 6.18. The first-order chi connectivity index (χ1) is 40.5. The van der Waals surface area contributed by atoms with Gasteiger partial charge in [-0.3, -0.25) is 10.0 Å². The van der Waals surface area contributed by atoms with Crippen molar-refractivity contribution in [2.75, 3.05) is 24.7 Å². The Morgan fingerprint density at radius 2 is 0.843 bits per heavy atom. The third-order valence-electron chi connectivity index (χ3n) is 16.8. The molecule has 0 saturated heterocycles. The number of anilines is 6. The molecule has 11 aromatic rings. The topological polar surface area (TPSA) is 110 Å². The van der Waals surface area contributed by atoms with Crippen molar-refractivity contribution in [1.29, 1.82) is 0 Å². The van der Waals surface area contributed by atoms with E-state index in [1.54, 1.807) is 12.4 Å². The predicted molar refractivity (Wildman–Crippen MR) is 338 cm³/mol. The summed E-state index contributed by atoms with van der Waals surface area (Å²) in [5.41, 5.74) is 13.3. The molecular weight excluding hydrogens is 1030 g/mol. The molecule has 5 aliphatic rings. The molecule has 83 heavy (non-hydrogen) atoms. The number of fused-ring (bicyclic) bond motifs is 11. The first kappa shape index (κ1) is 51.3. The van der Waals surface area contributed by atoms with Gasteiger partial charge in [-0.05, 0) is 119 Å². The van der Waals surface area contributed by atoms with Crippen LogP contribution in [0.3, 0.4) is 0 Å². The van der Waals surface area contributed by atoms with Crippen LogP contribution < -0.4 is 45.8 Å². The molecule has 408 valence electrons. The summed E-state index contributed by atoms with van der Waals surface area (Å²) in [7, 11) is 2.04. The number of pyridine rings is 1. The van der Waals surface area contributed by atoms with Crippen LogP contribution in [0.25, 0.3) is 51.1 Å². The van der Waals surface area contributed by atoms with Gasteiger partial charge >= 0.3 is 20.5 Å². The fourth-order valence-electron chi connectivity index (χ4n) is 13.4. The number of aryl methyl sites for hydroxylation is 1. The molecule has 6 aromatic heterocycles. The van der Waals surface area contributed by atoms with E-state index in [0.717, 1.165) is 85.3 Å².